The van der Waals surface area contributed by atoms with E-state index in [0.29, 0.717) is 10.8 Å². The Morgan fingerprint density at radius 1 is 0.750 bits per heavy atom. The van der Waals surface area contributed by atoms with Gasteiger partial charge in [-0.2, -0.15) is 0 Å². The highest BCUT2D eigenvalue weighted by molar-refractivity contribution is 5.98. The molecule has 1 N–H and O–H groups in total. The number of anilines is 2. The zero-order chi connectivity index (χ0) is 21.9. The van der Waals surface area contributed by atoms with Gasteiger partial charge in [0.2, 0.25) is 5.91 Å². The topological polar surface area (TPSA) is 54.3 Å². The smallest absolute Gasteiger partial charge is 0.244 e. The van der Waals surface area contributed by atoms with Crippen LogP contribution in [0.1, 0.15) is 25.7 Å². The number of nitrogens with one attached hydrogen (secondary N) is 1. The summed E-state index contributed by atoms with van der Waals surface area (Å²) in [6.07, 6.45) is 4.88. The molecule has 0 spiro atoms. The summed E-state index contributed by atoms with van der Waals surface area (Å²) in [6, 6.07) is 23.0. The molecule has 1 aromatic heterocycles. The predicted molar refractivity (Wildman–Crippen MR) is 131 cm³/mol. The van der Waals surface area contributed by atoms with Crippen molar-refractivity contribution in [3.05, 3.63) is 83.0 Å². The maximum absolute atomic E-state index is 13.2. The molecule has 0 radical (unpaired) electrons. The molecule has 0 aliphatic carbocycles. The quantitative estimate of drug-likeness (QED) is 0.459. The number of hydrogen-bond acceptors (Lipinski definition) is 3. The van der Waals surface area contributed by atoms with Gasteiger partial charge in [-0.1, -0.05) is 49.2 Å². The lowest BCUT2D eigenvalue weighted by atomic mass is 10.1. The fourth-order valence-corrected chi connectivity index (χ4v) is 4.75. The Morgan fingerprint density at radius 2 is 1.31 bits per heavy atom. The maximum atomic E-state index is 13.2. The summed E-state index contributed by atoms with van der Waals surface area (Å²) in [4.78, 5) is 28.6. The number of benzene rings is 3. The van der Waals surface area contributed by atoms with E-state index in [9.17, 15) is 9.59 Å². The molecule has 162 valence electrons. The third kappa shape index (κ3) is 3.86. The van der Waals surface area contributed by atoms with E-state index in [1.807, 2.05) is 71.3 Å². The molecular formula is C27H27N3O2. The first-order valence-electron chi connectivity index (χ1n) is 11.4. The summed E-state index contributed by atoms with van der Waals surface area (Å²) < 4.78 is 1.94. The Bertz CT molecular complexity index is 1270. The Labute approximate surface area is 187 Å². The van der Waals surface area contributed by atoms with E-state index in [-0.39, 0.29) is 17.9 Å². The highest BCUT2D eigenvalue weighted by Crippen LogP contribution is 2.28. The highest BCUT2D eigenvalue weighted by atomic mass is 16.2. The minimum absolute atomic E-state index is 0.000586. The Balaban J connectivity index is 1.49. The number of hydrogen-bond donors (Lipinski definition) is 1. The molecule has 0 unspecified atom stereocenters. The number of carbonyl (C=O) groups is 1. The van der Waals surface area contributed by atoms with Crippen LogP contribution in [0.3, 0.4) is 0 Å². The fourth-order valence-electron chi connectivity index (χ4n) is 4.75. The number of fused-ring (bicyclic) bond motifs is 2. The first kappa shape index (κ1) is 20.3. The molecule has 1 aliphatic rings. The minimum atomic E-state index is -0.105. The molecule has 1 saturated heterocycles. The van der Waals surface area contributed by atoms with Crippen LogP contribution in [-0.4, -0.2) is 23.6 Å². The van der Waals surface area contributed by atoms with Crippen molar-refractivity contribution in [2.75, 3.05) is 23.3 Å². The lowest BCUT2D eigenvalue weighted by molar-refractivity contribution is -0.116. The van der Waals surface area contributed by atoms with Gasteiger partial charge >= 0.3 is 0 Å². The van der Waals surface area contributed by atoms with Crippen molar-refractivity contribution in [2.45, 2.75) is 32.2 Å². The fraction of sp³-hybridized carbons (Fsp3) is 0.259. The average molecular weight is 426 g/mol. The Kier molecular flexibility index (Phi) is 5.63. The van der Waals surface area contributed by atoms with Gasteiger partial charge in [-0.25, -0.2) is 0 Å². The van der Waals surface area contributed by atoms with E-state index in [4.69, 9.17) is 0 Å². The van der Waals surface area contributed by atoms with E-state index in [2.05, 4.69) is 16.3 Å². The number of amides is 1. The average Bonchev–Trinajstić information content (AvgIpc) is 3.12. The standard InChI is InChI=1S/C27H27N3O2/c31-26(28-22-13-5-8-16-25(22)29-17-9-1-2-10-18-29)19-30-23-14-6-3-11-20(23)27(32)21-12-4-7-15-24(21)30/h3-8,11-16H,1-2,9-10,17-19H2,(H,28,31). The highest BCUT2D eigenvalue weighted by Gasteiger charge is 2.17. The van der Waals surface area contributed by atoms with Crippen molar-refractivity contribution >= 4 is 39.1 Å². The number of para-hydroxylation sites is 4. The normalized spacial score (nSPS) is 14.4. The molecule has 5 rings (SSSR count). The molecule has 32 heavy (non-hydrogen) atoms. The zero-order valence-corrected chi connectivity index (χ0v) is 18.1. The van der Waals surface area contributed by atoms with Crippen molar-refractivity contribution in [2.24, 2.45) is 0 Å². The largest absolute Gasteiger partial charge is 0.370 e. The van der Waals surface area contributed by atoms with Gasteiger partial charge < -0.3 is 14.8 Å². The summed E-state index contributed by atoms with van der Waals surface area (Å²) in [7, 11) is 0. The molecule has 1 aliphatic heterocycles. The third-order valence-electron chi connectivity index (χ3n) is 6.31. The first-order chi connectivity index (χ1) is 15.7. The minimum Gasteiger partial charge on any atom is -0.370 e. The molecule has 5 nitrogen and oxygen atoms in total. The third-order valence-corrected chi connectivity index (χ3v) is 6.31. The second-order valence-electron chi connectivity index (χ2n) is 8.42. The Hall–Kier alpha value is -3.60. The van der Waals surface area contributed by atoms with Crippen LogP contribution in [0.4, 0.5) is 11.4 Å². The Morgan fingerprint density at radius 3 is 1.97 bits per heavy atom. The van der Waals surface area contributed by atoms with Crippen LogP contribution in [0.2, 0.25) is 0 Å². The maximum Gasteiger partial charge on any atom is 0.244 e. The number of aromatic nitrogens is 1. The molecule has 0 atom stereocenters. The van der Waals surface area contributed by atoms with Crippen LogP contribution >= 0.6 is 0 Å². The molecule has 0 bridgehead atoms. The number of carbonyl (C=O) groups excluding carboxylic acids is 1. The van der Waals surface area contributed by atoms with E-state index < -0.39 is 0 Å². The van der Waals surface area contributed by atoms with Gasteiger partial charge in [-0.3, -0.25) is 9.59 Å². The molecule has 2 heterocycles. The second kappa shape index (κ2) is 8.87. The van der Waals surface area contributed by atoms with E-state index >= 15 is 0 Å². The van der Waals surface area contributed by atoms with Gasteiger partial charge in [0.1, 0.15) is 6.54 Å². The SMILES string of the molecule is O=C(Cn1c2ccccc2c(=O)c2ccccc21)Nc1ccccc1N1CCCCCC1. The molecule has 3 aromatic carbocycles. The van der Waals surface area contributed by atoms with Crippen LogP contribution in [-0.2, 0) is 11.3 Å². The molecule has 5 heteroatoms. The molecule has 1 amide bonds. The van der Waals surface area contributed by atoms with Gasteiger partial charge in [0.05, 0.1) is 22.4 Å². The number of rotatable bonds is 4. The number of nitrogens with zero attached hydrogens (tertiary/aromatic N) is 2. The van der Waals surface area contributed by atoms with E-state index in [0.717, 1.165) is 35.5 Å². The van der Waals surface area contributed by atoms with Crippen LogP contribution in [0.5, 0.6) is 0 Å². The molecule has 1 fully saturated rings. The summed E-state index contributed by atoms with van der Waals surface area (Å²) in [6.45, 7) is 2.17. The van der Waals surface area contributed by atoms with Gasteiger partial charge in [0, 0.05) is 23.9 Å². The second-order valence-corrected chi connectivity index (χ2v) is 8.42. The molecular weight excluding hydrogens is 398 g/mol. The van der Waals surface area contributed by atoms with Gasteiger partial charge in [-0.05, 0) is 49.2 Å². The van der Waals surface area contributed by atoms with E-state index in [1.165, 1.54) is 25.7 Å². The van der Waals surface area contributed by atoms with Crippen LogP contribution in [0.15, 0.2) is 77.6 Å². The lowest BCUT2D eigenvalue weighted by Gasteiger charge is -2.25. The van der Waals surface area contributed by atoms with Crippen molar-refractivity contribution in [3.63, 3.8) is 0 Å². The van der Waals surface area contributed by atoms with Crippen molar-refractivity contribution in [1.29, 1.82) is 0 Å². The van der Waals surface area contributed by atoms with E-state index in [1.54, 1.807) is 0 Å². The molecule has 4 aromatic rings. The van der Waals surface area contributed by atoms with Crippen LogP contribution in [0, 0.1) is 0 Å². The predicted octanol–water partition coefficient (Wildman–Crippen LogP) is 5.17. The summed E-state index contributed by atoms with van der Waals surface area (Å²) in [5.74, 6) is -0.105. The summed E-state index contributed by atoms with van der Waals surface area (Å²) in [5, 5.41) is 4.40. The zero-order valence-electron chi connectivity index (χ0n) is 18.1. The van der Waals surface area contributed by atoms with Gasteiger partial charge in [0.15, 0.2) is 5.43 Å². The van der Waals surface area contributed by atoms with Gasteiger partial charge in [-0.15, -0.1) is 0 Å². The van der Waals surface area contributed by atoms with Crippen molar-refractivity contribution < 1.29 is 4.79 Å². The first-order valence-corrected chi connectivity index (χ1v) is 11.4. The summed E-state index contributed by atoms with van der Waals surface area (Å²) in [5.41, 5.74) is 3.46. The van der Waals surface area contributed by atoms with Crippen LogP contribution < -0.4 is 15.6 Å². The monoisotopic (exact) mass is 425 g/mol. The van der Waals surface area contributed by atoms with Crippen molar-refractivity contribution in [3.8, 4) is 0 Å². The van der Waals surface area contributed by atoms with Gasteiger partial charge in [0.25, 0.3) is 0 Å². The van der Waals surface area contributed by atoms with Crippen LogP contribution in [0.25, 0.3) is 21.8 Å². The number of pyridine rings is 1. The van der Waals surface area contributed by atoms with Crippen molar-refractivity contribution in [1.82, 2.24) is 4.57 Å². The molecule has 0 saturated carbocycles. The lowest BCUT2D eigenvalue weighted by Crippen LogP contribution is -2.27. The summed E-state index contributed by atoms with van der Waals surface area (Å²) >= 11 is 0.